The highest BCUT2D eigenvalue weighted by atomic mass is 16.6. The van der Waals surface area contributed by atoms with Crippen LogP contribution in [0.3, 0.4) is 0 Å². The highest BCUT2D eigenvalue weighted by Gasteiger charge is 2.15. The molecule has 3 amide bonds. The summed E-state index contributed by atoms with van der Waals surface area (Å²) in [5, 5.41) is 9.26. The minimum absolute atomic E-state index is 0.0245. The summed E-state index contributed by atoms with van der Waals surface area (Å²) in [4.78, 5) is 34.5. The van der Waals surface area contributed by atoms with Crippen molar-refractivity contribution in [2.24, 2.45) is 11.7 Å². The molecule has 0 heterocycles. The predicted octanol–water partition coefficient (Wildman–Crippen LogP) is 5.73. The standard InChI is InChI=1S/C30H59N3O8.C8H17NO4.C8H18/c1-6-36-16-18-38-20-22-40-24-28(5)31-14-11-9-13-27(4)33-30(35)26(3)12-8-10-15-32-29(34)25-41-23-21-39-19-17-37-7-2;1-2-11-3-4-12-5-6-13-7-8(9)10;1-3-5-7-8-6-4-2/h26-27,31H,5-25H2,1-4H3,(H,32,34)(H,33,35);2-7H2,1H3,(H2,9,10);3-8H2,1-2H3/t26-,27+;;/m0../s1. The van der Waals surface area contributed by atoms with Gasteiger partial charge in [0.25, 0.3) is 0 Å². The Morgan fingerprint density at radius 1 is 0.484 bits per heavy atom. The molecule has 0 rings (SSSR count). The lowest BCUT2D eigenvalue weighted by Crippen LogP contribution is -2.36. The fourth-order valence-corrected chi connectivity index (χ4v) is 5.17. The van der Waals surface area contributed by atoms with Crippen LogP contribution in [-0.2, 0) is 57.0 Å². The van der Waals surface area contributed by atoms with Gasteiger partial charge in [-0.05, 0) is 59.8 Å². The summed E-state index contributed by atoms with van der Waals surface area (Å²) in [7, 11) is 0. The van der Waals surface area contributed by atoms with Gasteiger partial charge in [0.2, 0.25) is 17.7 Å². The topological polar surface area (TPSA) is 196 Å². The first-order valence-electron chi connectivity index (χ1n) is 23.6. The predicted molar refractivity (Wildman–Crippen MR) is 247 cm³/mol. The van der Waals surface area contributed by atoms with Crippen LogP contribution < -0.4 is 21.7 Å². The number of carbonyl (C=O) groups excluding carboxylic acids is 3. The molecule has 0 aliphatic heterocycles. The van der Waals surface area contributed by atoms with Crippen LogP contribution in [0.25, 0.3) is 0 Å². The van der Waals surface area contributed by atoms with E-state index in [4.69, 9.17) is 48.4 Å². The number of nitrogens with two attached hydrogens (primary N) is 1. The fourth-order valence-electron chi connectivity index (χ4n) is 5.17. The van der Waals surface area contributed by atoms with Crippen molar-refractivity contribution in [2.75, 3.05) is 132 Å². The van der Waals surface area contributed by atoms with Crippen molar-refractivity contribution in [1.82, 2.24) is 16.0 Å². The molecular formula is C46H94N4O12. The van der Waals surface area contributed by atoms with Crippen molar-refractivity contribution in [1.29, 1.82) is 0 Å². The normalized spacial score (nSPS) is 11.7. The van der Waals surface area contributed by atoms with Crippen molar-refractivity contribution >= 4 is 17.7 Å². The molecule has 16 heteroatoms. The molecule has 0 saturated carbocycles. The molecule has 5 N–H and O–H groups in total. The van der Waals surface area contributed by atoms with Gasteiger partial charge in [0.1, 0.15) is 13.2 Å². The van der Waals surface area contributed by atoms with E-state index >= 15 is 0 Å². The third-order valence-corrected chi connectivity index (χ3v) is 8.72. The summed E-state index contributed by atoms with van der Waals surface area (Å²) in [6, 6.07) is 0.133. The van der Waals surface area contributed by atoms with Gasteiger partial charge in [-0.15, -0.1) is 0 Å². The van der Waals surface area contributed by atoms with Gasteiger partial charge < -0.3 is 64.3 Å². The van der Waals surface area contributed by atoms with Crippen LogP contribution in [0.15, 0.2) is 12.3 Å². The summed E-state index contributed by atoms with van der Waals surface area (Å²) in [6.07, 6.45) is 13.9. The second-order valence-electron chi connectivity index (χ2n) is 14.6. The number of nitrogens with one attached hydrogen (secondary N) is 3. The quantitative estimate of drug-likeness (QED) is 0.0542. The fraction of sp³-hybridized carbons (Fsp3) is 0.891. The molecule has 2 atom stereocenters. The molecule has 0 radical (unpaired) electrons. The van der Waals surface area contributed by atoms with Crippen LogP contribution in [0.5, 0.6) is 0 Å². The molecule has 62 heavy (non-hydrogen) atoms. The number of hydrogen-bond donors (Lipinski definition) is 4. The van der Waals surface area contributed by atoms with E-state index < -0.39 is 5.91 Å². The molecule has 16 nitrogen and oxygen atoms in total. The SMILES string of the molecule is C=C(COCCOCCOCC)NCCCC[C@@H](C)NC(=O)[C@@H](C)CCCCNC(=O)COCCOCCOCC.CCCCCCCC.CCOCCOCCOCC(N)=O. The summed E-state index contributed by atoms with van der Waals surface area (Å²) in [5.41, 5.74) is 5.71. The molecule has 0 aromatic rings. The van der Waals surface area contributed by atoms with Crippen molar-refractivity contribution in [3.05, 3.63) is 12.3 Å². The zero-order chi connectivity index (χ0) is 46.6. The van der Waals surface area contributed by atoms with Gasteiger partial charge >= 0.3 is 0 Å². The average Bonchev–Trinajstić information content (AvgIpc) is 3.25. The third-order valence-electron chi connectivity index (χ3n) is 8.72. The molecule has 0 fully saturated rings. The minimum atomic E-state index is -0.464. The maximum atomic E-state index is 12.5. The van der Waals surface area contributed by atoms with Crippen molar-refractivity contribution < 1.29 is 57.0 Å². The van der Waals surface area contributed by atoms with Gasteiger partial charge in [-0.3, -0.25) is 14.4 Å². The Labute approximate surface area is 377 Å². The molecular weight excluding hydrogens is 801 g/mol. The van der Waals surface area contributed by atoms with E-state index in [0.29, 0.717) is 112 Å². The Kier molecular flexibility index (Phi) is 56.4. The number of rotatable bonds is 45. The zero-order valence-corrected chi connectivity index (χ0v) is 40.5. The average molecular weight is 895 g/mol. The van der Waals surface area contributed by atoms with Gasteiger partial charge in [0, 0.05) is 50.6 Å². The van der Waals surface area contributed by atoms with Crippen molar-refractivity contribution in [3.63, 3.8) is 0 Å². The smallest absolute Gasteiger partial charge is 0.245 e. The Balaban J connectivity index is -0.00000134. The zero-order valence-electron chi connectivity index (χ0n) is 40.5. The van der Waals surface area contributed by atoms with Crippen molar-refractivity contribution in [2.45, 2.75) is 132 Å². The lowest BCUT2D eigenvalue weighted by molar-refractivity contribution is -0.127. The lowest BCUT2D eigenvalue weighted by atomic mass is 10.0. The molecule has 0 aliphatic carbocycles. The van der Waals surface area contributed by atoms with Crippen LogP contribution in [0.4, 0.5) is 0 Å². The molecule has 0 spiro atoms. The Morgan fingerprint density at radius 3 is 1.34 bits per heavy atom. The van der Waals surface area contributed by atoms with Gasteiger partial charge in [0.05, 0.1) is 85.9 Å². The molecule has 0 bridgehead atoms. The Morgan fingerprint density at radius 2 is 0.887 bits per heavy atom. The van der Waals surface area contributed by atoms with E-state index in [9.17, 15) is 14.4 Å². The number of primary amides is 1. The summed E-state index contributed by atoms with van der Waals surface area (Å²) >= 11 is 0. The summed E-state index contributed by atoms with van der Waals surface area (Å²) < 4.78 is 47.0. The molecule has 370 valence electrons. The van der Waals surface area contributed by atoms with Gasteiger partial charge in [-0.2, -0.15) is 0 Å². The molecule has 0 saturated heterocycles. The van der Waals surface area contributed by atoms with E-state index in [1.807, 2.05) is 34.6 Å². The maximum Gasteiger partial charge on any atom is 0.245 e. The van der Waals surface area contributed by atoms with E-state index in [1.54, 1.807) is 0 Å². The van der Waals surface area contributed by atoms with E-state index in [1.165, 1.54) is 38.5 Å². The highest BCUT2D eigenvalue weighted by molar-refractivity contribution is 5.78. The van der Waals surface area contributed by atoms with Crippen LogP contribution in [0.1, 0.15) is 126 Å². The number of unbranched alkanes of at least 4 members (excludes halogenated alkanes) is 7. The lowest BCUT2D eigenvalue weighted by Gasteiger charge is -2.18. The van der Waals surface area contributed by atoms with Crippen LogP contribution in [0.2, 0.25) is 0 Å². The Bertz CT molecular complexity index is 961. The van der Waals surface area contributed by atoms with Gasteiger partial charge in [0.15, 0.2) is 0 Å². The minimum Gasteiger partial charge on any atom is -0.387 e. The first-order valence-corrected chi connectivity index (χ1v) is 23.6. The number of amides is 3. The van der Waals surface area contributed by atoms with Crippen LogP contribution in [0, 0.1) is 5.92 Å². The largest absolute Gasteiger partial charge is 0.387 e. The van der Waals surface area contributed by atoms with E-state index in [2.05, 4.69) is 36.4 Å². The second kappa shape index (κ2) is 54.7. The monoisotopic (exact) mass is 895 g/mol. The molecule has 0 unspecified atom stereocenters. The second-order valence-corrected chi connectivity index (χ2v) is 14.6. The summed E-state index contributed by atoms with van der Waals surface area (Å²) in [6.45, 7) is 28.4. The highest BCUT2D eigenvalue weighted by Crippen LogP contribution is 2.09. The van der Waals surface area contributed by atoms with Gasteiger partial charge in [-0.1, -0.05) is 72.3 Å². The molecule has 0 aliphatic rings. The van der Waals surface area contributed by atoms with E-state index in [0.717, 1.165) is 50.8 Å². The number of ether oxygens (including phenoxy) is 9. The molecule has 0 aromatic heterocycles. The first kappa shape index (κ1) is 63.9. The van der Waals surface area contributed by atoms with Gasteiger partial charge in [-0.25, -0.2) is 0 Å². The van der Waals surface area contributed by atoms with Crippen LogP contribution in [-0.4, -0.2) is 156 Å². The van der Waals surface area contributed by atoms with E-state index in [-0.39, 0.29) is 37.0 Å². The maximum absolute atomic E-state index is 12.5. The third kappa shape index (κ3) is 57.6. The number of carbonyl (C=O) groups is 3. The van der Waals surface area contributed by atoms with Crippen LogP contribution >= 0.6 is 0 Å². The first-order chi connectivity index (χ1) is 30.1. The number of hydrogen-bond acceptors (Lipinski definition) is 13. The summed E-state index contributed by atoms with van der Waals surface area (Å²) in [5.74, 6) is -0.570. The Hall–Kier alpha value is -2.41. The van der Waals surface area contributed by atoms with Crippen molar-refractivity contribution in [3.8, 4) is 0 Å². The molecule has 0 aromatic carbocycles.